The first-order valence-electron chi connectivity index (χ1n) is 5.23. The summed E-state index contributed by atoms with van der Waals surface area (Å²) >= 11 is 1.87. The van der Waals surface area contributed by atoms with E-state index in [2.05, 4.69) is 26.0 Å². The van der Waals surface area contributed by atoms with Crippen molar-refractivity contribution in [2.24, 2.45) is 0 Å². The number of rotatable bonds is 5. The van der Waals surface area contributed by atoms with E-state index in [0.717, 1.165) is 5.69 Å². The first kappa shape index (κ1) is 11.4. The molecule has 0 aromatic heterocycles. The molecular formula is C12H19NS. The van der Waals surface area contributed by atoms with Gasteiger partial charge in [0, 0.05) is 10.6 Å². The predicted octanol–water partition coefficient (Wildman–Crippen LogP) is 3.86. The van der Waals surface area contributed by atoms with Crippen molar-refractivity contribution in [3.8, 4) is 0 Å². The summed E-state index contributed by atoms with van der Waals surface area (Å²) in [6.07, 6.45) is 3.89. The van der Waals surface area contributed by atoms with E-state index in [9.17, 15) is 0 Å². The Labute approximate surface area is 91.1 Å². The highest BCUT2D eigenvalue weighted by Gasteiger charge is 1.99. The third-order valence-electron chi connectivity index (χ3n) is 2.17. The maximum absolute atomic E-state index is 5.92. The topological polar surface area (TPSA) is 26.0 Å². The van der Waals surface area contributed by atoms with Crippen LogP contribution in [-0.2, 0) is 0 Å². The zero-order valence-electron chi connectivity index (χ0n) is 9.05. The van der Waals surface area contributed by atoms with Gasteiger partial charge in [-0.25, -0.2) is 0 Å². The SMILES string of the molecule is CCCCCSc1ccc(C)cc1N. The average molecular weight is 209 g/mol. The van der Waals surface area contributed by atoms with Crippen LogP contribution in [0.3, 0.4) is 0 Å². The largest absolute Gasteiger partial charge is 0.398 e. The lowest BCUT2D eigenvalue weighted by Crippen LogP contribution is -1.90. The van der Waals surface area contributed by atoms with Gasteiger partial charge in [-0.1, -0.05) is 25.8 Å². The van der Waals surface area contributed by atoms with Crippen LogP contribution in [0.25, 0.3) is 0 Å². The van der Waals surface area contributed by atoms with Crippen molar-refractivity contribution >= 4 is 17.4 Å². The second-order valence-electron chi connectivity index (χ2n) is 3.60. The quantitative estimate of drug-likeness (QED) is 0.453. The molecule has 0 amide bonds. The van der Waals surface area contributed by atoms with Crippen LogP contribution in [0.4, 0.5) is 5.69 Å². The molecule has 1 rings (SSSR count). The van der Waals surface area contributed by atoms with Gasteiger partial charge in [-0.3, -0.25) is 0 Å². The molecule has 0 spiro atoms. The van der Waals surface area contributed by atoms with E-state index in [-0.39, 0.29) is 0 Å². The van der Waals surface area contributed by atoms with E-state index in [4.69, 9.17) is 5.73 Å². The third kappa shape index (κ3) is 3.62. The van der Waals surface area contributed by atoms with Crippen LogP contribution in [-0.4, -0.2) is 5.75 Å². The van der Waals surface area contributed by atoms with Crippen molar-refractivity contribution in [2.45, 2.75) is 38.0 Å². The molecule has 1 nitrogen and oxygen atoms in total. The van der Waals surface area contributed by atoms with Crippen molar-refractivity contribution in [3.05, 3.63) is 23.8 Å². The van der Waals surface area contributed by atoms with Gasteiger partial charge in [0.1, 0.15) is 0 Å². The highest BCUT2D eigenvalue weighted by molar-refractivity contribution is 7.99. The van der Waals surface area contributed by atoms with E-state index in [0.29, 0.717) is 0 Å². The lowest BCUT2D eigenvalue weighted by molar-refractivity contribution is 0.778. The summed E-state index contributed by atoms with van der Waals surface area (Å²) in [5.74, 6) is 1.18. The molecule has 2 N–H and O–H groups in total. The van der Waals surface area contributed by atoms with Crippen LogP contribution >= 0.6 is 11.8 Å². The lowest BCUT2D eigenvalue weighted by atomic mass is 10.2. The number of nitrogens with two attached hydrogens (primary N) is 1. The van der Waals surface area contributed by atoms with Crippen molar-refractivity contribution in [2.75, 3.05) is 11.5 Å². The number of aryl methyl sites for hydroxylation is 1. The van der Waals surface area contributed by atoms with Crippen LogP contribution in [0.15, 0.2) is 23.1 Å². The summed E-state index contributed by atoms with van der Waals surface area (Å²) in [7, 11) is 0. The highest BCUT2D eigenvalue weighted by atomic mass is 32.2. The summed E-state index contributed by atoms with van der Waals surface area (Å²) in [6, 6.07) is 6.29. The summed E-state index contributed by atoms with van der Waals surface area (Å²) in [6.45, 7) is 4.30. The molecule has 0 saturated carbocycles. The molecule has 0 bridgehead atoms. The minimum atomic E-state index is 0.923. The minimum Gasteiger partial charge on any atom is -0.398 e. The highest BCUT2D eigenvalue weighted by Crippen LogP contribution is 2.26. The van der Waals surface area contributed by atoms with Crippen LogP contribution in [0.1, 0.15) is 31.7 Å². The smallest absolute Gasteiger partial charge is 0.0454 e. The average Bonchev–Trinajstić information content (AvgIpc) is 2.15. The Hall–Kier alpha value is -0.630. The van der Waals surface area contributed by atoms with Gasteiger partial charge in [-0.05, 0) is 36.8 Å². The van der Waals surface area contributed by atoms with Gasteiger partial charge >= 0.3 is 0 Å². The third-order valence-corrected chi connectivity index (χ3v) is 3.35. The van der Waals surface area contributed by atoms with Gasteiger partial charge in [0.15, 0.2) is 0 Å². The Morgan fingerprint density at radius 2 is 2.07 bits per heavy atom. The van der Waals surface area contributed by atoms with Crippen LogP contribution in [0, 0.1) is 6.92 Å². The standard InChI is InChI=1S/C12H19NS/c1-3-4-5-8-14-12-7-6-10(2)9-11(12)13/h6-7,9H,3-5,8,13H2,1-2H3. The second-order valence-corrected chi connectivity index (χ2v) is 4.73. The van der Waals surface area contributed by atoms with E-state index >= 15 is 0 Å². The number of benzene rings is 1. The Kier molecular flexibility index (Phi) is 4.88. The number of hydrogen-bond acceptors (Lipinski definition) is 2. The van der Waals surface area contributed by atoms with E-state index in [1.165, 1.54) is 35.5 Å². The molecule has 0 unspecified atom stereocenters. The Bertz CT molecular complexity index is 284. The van der Waals surface area contributed by atoms with Crippen LogP contribution < -0.4 is 5.73 Å². The van der Waals surface area contributed by atoms with E-state index in [1.54, 1.807) is 0 Å². The first-order valence-corrected chi connectivity index (χ1v) is 6.21. The van der Waals surface area contributed by atoms with Crippen LogP contribution in [0.5, 0.6) is 0 Å². The molecule has 0 aliphatic heterocycles. The number of hydrogen-bond donors (Lipinski definition) is 1. The normalized spacial score (nSPS) is 10.4. The van der Waals surface area contributed by atoms with Gasteiger partial charge in [0.2, 0.25) is 0 Å². The number of thioether (sulfide) groups is 1. The first-order chi connectivity index (χ1) is 6.74. The Balaban J connectivity index is 2.42. The number of anilines is 1. The predicted molar refractivity (Wildman–Crippen MR) is 65.8 cm³/mol. The molecule has 14 heavy (non-hydrogen) atoms. The molecule has 1 aromatic carbocycles. The minimum absolute atomic E-state index is 0.923. The second kappa shape index (κ2) is 5.97. The molecule has 0 fully saturated rings. The lowest BCUT2D eigenvalue weighted by Gasteiger charge is -2.05. The van der Waals surface area contributed by atoms with Crippen molar-refractivity contribution in [3.63, 3.8) is 0 Å². The maximum atomic E-state index is 5.92. The van der Waals surface area contributed by atoms with Gasteiger partial charge in [-0.2, -0.15) is 0 Å². The molecule has 0 aliphatic rings. The van der Waals surface area contributed by atoms with Gasteiger partial charge in [0.05, 0.1) is 0 Å². The van der Waals surface area contributed by atoms with Crippen molar-refractivity contribution < 1.29 is 0 Å². The molecule has 0 atom stereocenters. The molecule has 0 saturated heterocycles. The molecule has 0 heterocycles. The fourth-order valence-corrected chi connectivity index (χ4v) is 2.29. The summed E-state index contributed by atoms with van der Waals surface area (Å²) in [5.41, 5.74) is 8.07. The van der Waals surface area contributed by atoms with Crippen molar-refractivity contribution in [1.82, 2.24) is 0 Å². The molecule has 1 aromatic rings. The Morgan fingerprint density at radius 3 is 2.71 bits per heavy atom. The summed E-state index contributed by atoms with van der Waals surface area (Å²) in [4.78, 5) is 1.23. The molecule has 0 aliphatic carbocycles. The van der Waals surface area contributed by atoms with Gasteiger partial charge in [0.25, 0.3) is 0 Å². The molecule has 2 heteroatoms. The van der Waals surface area contributed by atoms with E-state index < -0.39 is 0 Å². The van der Waals surface area contributed by atoms with Crippen LogP contribution in [0.2, 0.25) is 0 Å². The fraction of sp³-hybridized carbons (Fsp3) is 0.500. The molecular weight excluding hydrogens is 190 g/mol. The fourth-order valence-electron chi connectivity index (χ4n) is 1.33. The monoisotopic (exact) mass is 209 g/mol. The Morgan fingerprint density at radius 1 is 1.29 bits per heavy atom. The zero-order valence-corrected chi connectivity index (χ0v) is 9.86. The van der Waals surface area contributed by atoms with Crippen molar-refractivity contribution in [1.29, 1.82) is 0 Å². The maximum Gasteiger partial charge on any atom is 0.0454 e. The number of unbranched alkanes of at least 4 members (excludes halogenated alkanes) is 2. The van der Waals surface area contributed by atoms with Gasteiger partial charge in [-0.15, -0.1) is 11.8 Å². The molecule has 0 radical (unpaired) electrons. The number of nitrogen functional groups attached to an aromatic ring is 1. The molecule has 78 valence electrons. The van der Waals surface area contributed by atoms with Gasteiger partial charge < -0.3 is 5.73 Å². The van der Waals surface area contributed by atoms with E-state index in [1.807, 2.05) is 17.8 Å². The summed E-state index contributed by atoms with van der Waals surface area (Å²) < 4.78 is 0. The zero-order chi connectivity index (χ0) is 10.4. The summed E-state index contributed by atoms with van der Waals surface area (Å²) in [5, 5.41) is 0.